The van der Waals surface area contributed by atoms with Gasteiger partial charge in [-0.05, 0) is 66.4 Å². The van der Waals surface area contributed by atoms with Gasteiger partial charge in [-0.15, -0.1) is 0 Å². The fourth-order valence-corrected chi connectivity index (χ4v) is 3.93. The largest absolute Gasteiger partial charge is 0.366 e. The Bertz CT molecular complexity index is 1060. The zero-order valence-electron chi connectivity index (χ0n) is 17.2. The Labute approximate surface area is 176 Å². The molecule has 1 aliphatic carbocycles. The van der Waals surface area contributed by atoms with E-state index < -0.39 is 5.91 Å². The highest BCUT2D eigenvalue weighted by atomic mass is 16.2. The van der Waals surface area contributed by atoms with E-state index >= 15 is 0 Å². The van der Waals surface area contributed by atoms with Crippen molar-refractivity contribution >= 4 is 28.3 Å². The van der Waals surface area contributed by atoms with Crippen LogP contribution in [0.15, 0.2) is 66.7 Å². The molecule has 0 heterocycles. The summed E-state index contributed by atoms with van der Waals surface area (Å²) in [5.41, 5.74) is 7.64. The lowest BCUT2D eigenvalue weighted by molar-refractivity contribution is -0.116. The van der Waals surface area contributed by atoms with Crippen LogP contribution in [0.25, 0.3) is 10.8 Å². The van der Waals surface area contributed by atoms with Gasteiger partial charge in [0.15, 0.2) is 0 Å². The van der Waals surface area contributed by atoms with Crippen molar-refractivity contribution in [1.82, 2.24) is 4.90 Å². The number of anilines is 1. The van der Waals surface area contributed by atoms with Gasteiger partial charge in [-0.1, -0.05) is 36.4 Å². The lowest BCUT2D eigenvalue weighted by Gasteiger charge is -2.29. The molecule has 1 saturated carbocycles. The van der Waals surface area contributed by atoms with Crippen molar-refractivity contribution < 1.29 is 9.59 Å². The highest BCUT2D eigenvalue weighted by Gasteiger charge is 2.32. The third-order valence-electron chi connectivity index (χ3n) is 5.82. The minimum absolute atomic E-state index is 0.0295. The van der Waals surface area contributed by atoms with E-state index in [0.717, 1.165) is 0 Å². The quantitative estimate of drug-likeness (QED) is 0.584. The summed E-state index contributed by atoms with van der Waals surface area (Å²) in [4.78, 5) is 26.1. The Hall–Kier alpha value is -3.18. The SMILES string of the molecule is CC(c1ccc2ccccc2c1)N(CCC(=O)Nc1ccc(C(N)=O)cc1)C1CC1. The van der Waals surface area contributed by atoms with Crippen LogP contribution in [-0.2, 0) is 4.79 Å². The number of carbonyl (C=O) groups excluding carboxylic acids is 2. The molecule has 4 rings (SSSR count). The highest BCUT2D eigenvalue weighted by molar-refractivity contribution is 5.94. The van der Waals surface area contributed by atoms with E-state index in [1.807, 2.05) is 0 Å². The first-order valence-corrected chi connectivity index (χ1v) is 10.5. The summed E-state index contributed by atoms with van der Waals surface area (Å²) in [6, 6.07) is 22.5. The zero-order valence-corrected chi connectivity index (χ0v) is 17.2. The summed E-state index contributed by atoms with van der Waals surface area (Å²) in [5.74, 6) is -0.506. The average Bonchev–Trinajstić information content (AvgIpc) is 3.59. The molecule has 0 aliphatic heterocycles. The van der Waals surface area contributed by atoms with Crippen LogP contribution >= 0.6 is 0 Å². The van der Waals surface area contributed by atoms with Crippen molar-refractivity contribution in [3.8, 4) is 0 Å². The van der Waals surface area contributed by atoms with E-state index in [1.54, 1.807) is 24.3 Å². The number of nitrogens with one attached hydrogen (secondary N) is 1. The summed E-state index contributed by atoms with van der Waals surface area (Å²) in [6.45, 7) is 2.94. The third kappa shape index (κ3) is 4.69. The Kier molecular flexibility index (Phi) is 5.81. The third-order valence-corrected chi connectivity index (χ3v) is 5.82. The second-order valence-electron chi connectivity index (χ2n) is 7.99. The fraction of sp³-hybridized carbons (Fsp3) is 0.280. The Balaban J connectivity index is 1.39. The van der Waals surface area contributed by atoms with Gasteiger partial charge < -0.3 is 11.1 Å². The molecule has 0 aromatic heterocycles. The number of hydrogen-bond acceptors (Lipinski definition) is 3. The lowest BCUT2D eigenvalue weighted by atomic mass is 10.0. The molecule has 3 N–H and O–H groups in total. The summed E-state index contributed by atoms with van der Waals surface area (Å²) >= 11 is 0. The Morgan fingerprint density at radius 2 is 1.73 bits per heavy atom. The van der Waals surface area contributed by atoms with Crippen LogP contribution in [0, 0.1) is 0 Å². The summed E-state index contributed by atoms with van der Waals surface area (Å²) in [7, 11) is 0. The molecule has 0 spiro atoms. The number of carbonyl (C=O) groups is 2. The summed E-state index contributed by atoms with van der Waals surface area (Å²) < 4.78 is 0. The van der Waals surface area contributed by atoms with Crippen molar-refractivity contribution in [3.05, 3.63) is 77.9 Å². The van der Waals surface area contributed by atoms with Gasteiger partial charge in [0.25, 0.3) is 0 Å². The maximum Gasteiger partial charge on any atom is 0.248 e. The van der Waals surface area contributed by atoms with Crippen LogP contribution in [0.4, 0.5) is 5.69 Å². The number of amides is 2. The van der Waals surface area contributed by atoms with Gasteiger partial charge in [-0.2, -0.15) is 0 Å². The number of primary amides is 1. The van der Waals surface area contributed by atoms with E-state index in [0.29, 0.717) is 30.3 Å². The first-order chi connectivity index (χ1) is 14.5. The van der Waals surface area contributed by atoms with Crippen LogP contribution in [0.2, 0.25) is 0 Å². The molecule has 30 heavy (non-hydrogen) atoms. The second kappa shape index (κ2) is 8.67. The molecule has 2 amide bonds. The van der Waals surface area contributed by atoms with Gasteiger partial charge in [0.05, 0.1) is 0 Å². The van der Waals surface area contributed by atoms with Crippen molar-refractivity contribution in [3.63, 3.8) is 0 Å². The molecule has 1 fully saturated rings. The summed E-state index contributed by atoms with van der Waals surface area (Å²) in [5, 5.41) is 5.40. The van der Waals surface area contributed by atoms with Crippen LogP contribution in [0.3, 0.4) is 0 Å². The normalized spacial score (nSPS) is 14.6. The molecule has 0 radical (unpaired) electrons. The Morgan fingerprint density at radius 1 is 1.03 bits per heavy atom. The number of hydrogen-bond donors (Lipinski definition) is 2. The van der Waals surface area contributed by atoms with E-state index in [9.17, 15) is 9.59 Å². The monoisotopic (exact) mass is 401 g/mol. The molecular weight excluding hydrogens is 374 g/mol. The van der Waals surface area contributed by atoms with Crippen molar-refractivity contribution in [2.75, 3.05) is 11.9 Å². The molecule has 154 valence electrons. The number of fused-ring (bicyclic) bond motifs is 1. The van der Waals surface area contributed by atoms with E-state index in [2.05, 4.69) is 59.6 Å². The van der Waals surface area contributed by atoms with E-state index in [1.165, 1.54) is 29.2 Å². The van der Waals surface area contributed by atoms with Gasteiger partial charge in [0.2, 0.25) is 11.8 Å². The number of rotatable bonds is 8. The average molecular weight is 402 g/mol. The summed E-state index contributed by atoms with van der Waals surface area (Å²) in [6.07, 6.45) is 2.80. The molecule has 3 aromatic carbocycles. The first kappa shape index (κ1) is 20.1. The van der Waals surface area contributed by atoms with Crippen LogP contribution in [0.1, 0.15) is 48.1 Å². The number of benzene rings is 3. The molecule has 0 saturated heterocycles. The minimum atomic E-state index is -0.476. The topological polar surface area (TPSA) is 75.4 Å². The Morgan fingerprint density at radius 3 is 2.40 bits per heavy atom. The van der Waals surface area contributed by atoms with Crippen LogP contribution in [0.5, 0.6) is 0 Å². The second-order valence-corrected chi connectivity index (χ2v) is 7.99. The minimum Gasteiger partial charge on any atom is -0.366 e. The van der Waals surface area contributed by atoms with Gasteiger partial charge >= 0.3 is 0 Å². The van der Waals surface area contributed by atoms with Gasteiger partial charge in [0.1, 0.15) is 0 Å². The standard InChI is InChI=1S/C25H27N3O2/c1-17(20-7-6-18-4-2-3-5-21(18)16-20)28(23-12-13-23)15-14-24(29)27-22-10-8-19(9-11-22)25(26)30/h2-11,16-17,23H,12-15H2,1H3,(H2,26,30)(H,27,29). The van der Waals surface area contributed by atoms with Gasteiger partial charge in [-0.3, -0.25) is 14.5 Å². The van der Waals surface area contributed by atoms with Crippen molar-refractivity contribution in [2.45, 2.75) is 38.3 Å². The smallest absolute Gasteiger partial charge is 0.248 e. The van der Waals surface area contributed by atoms with Crippen molar-refractivity contribution in [2.24, 2.45) is 5.73 Å². The molecular formula is C25H27N3O2. The molecule has 1 unspecified atom stereocenters. The molecule has 1 aliphatic rings. The molecule has 1 atom stereocenters. The zero-order chi connectivity index (χ0) is 21.1. The van der Waals surface area contributed by atoms with E-state index in [-0.39, 0.29) is 11.9 Å². The van der Waals surface area contributed by atoms with Gasteiger partial charge in [0, 0.05) is 36.3 Å². The molecule has 5 nitrogen and oxygen atoms in total. The lowest BCUT2D eigenvalue weighted by Crippen LogP contribution is -2.32. The molecule has 5 heteroatoms. The first-order valence-electron chi connectivity index (χ1n) is 10.5. The predicted octanol–water partition coefficient (Wildman–Crippen LogP) is 4.49. The highest BCUT2D eigenvalue weighted by Crippen LogP contribution is 2.35. The van der Waals surface area contributed by atoms with Crippen LogP contribution in [-0.4, -0.2) is 29.3 Å². The van der Waals surface area contributed by atoms with Gasteiger partial charge in [-0.25, -0.2) is 0 Å². The van der Waals surface area contributed by atoms with Crippen LogP contribution < -0.4 is 11.1 Å². The fourth-order valence-electron chi connectivity index (χ4n) is 3.93. The maximum atomic E-state index is 12.5. The van der Waals surface area contributed by atoms with E-state index in [4.69, 9.17) is 5.73 Å². The number of nitrogens with two attached hydrogens (primary N) is 1. The maximum absolute atomic E-state index is 12.5. The molecule has 3 aromatic rings. The molecule has 0 bridgehead atoms. The predicted molar refractivity (Wildman–Crippen MR) is 120 cm³/mol. The van der Waals surface area contributed by atoms with Crippen molar-refractivity contribution in [1.29, 1.82) is 0 Å². The number of nitrogens with zero attached hydrogens (tertiary/aromatic N) is 1.